The van der Waals surface area contributed by atoms with E-state index in [4.69, 9.17) is 4.74 Å². The number of benzene rings is 1. The van der Waals surface area contributed by atoms with E-state index in [0.29, 0.717) is 6.61 Å². The fourth-order valence-electron chi connectivity index (χ4n) is 2.73. The molecule has 0 radical (unpaired) electrons. The van der Waals surface area contributed by atoms with Crippen LogP contribution in [0.5, 0.6) is 5.75 Å². The maximum atomic E-state index is 5.88. The van der Waals surface area contributed by atoms with Crippen LogP contribution in [-0.2, 0) is 0 Å². The van der Waals surface area contributed by atoms with E-state index < -0.39 is 0 Å². The molecule has 122 valence electrons. The molecule has 3 heterocycles. The van der Waals surface area contributed by atoms with Gasteiger partial charge in [0.2, 0.25) is 0 Å². The van der Waals surface area contributed by atoms with Crippen LogP contribution in [0.2, 0.25) is 0 Å². The van der Waals surface area contributed by atoms with Crippen LogP contribution in [0.1, 0.15) is 6.42 Å². The maximum Gasteiger partial charge on any atom is 0.165 e. The average molecular weight is 321 g/mol. The van der Waals surface area contributed by atoms with E-state index in [2.05, 4.69) is 26.4 Å². The first-order chi connectivity index (χ1) is 11.8. The van der Waals surface area contributed by atoms with Crippen molar-refractivity contribution in [3.8, 4) is 16.9 Å². The van der Waals surface area contributed by atoms with Crippen molar-refractivity contribution in [1.29, 1.82) is 0 Å². The molecule has 4 bridgehead atoms. The summed E-state index contributed by atoms with van der Waals surface area (Å²) in [6.07, 6.45) is 8.60. The molecule has 0 unspecified atom stereocenters. The Morgan fingerprint density at radius 3 is 3.17 bits per heavy atom. The summed E-state index contributed by atoms with van der Waals surface area (Å²) in [6.45, 7) is 1.61. The summed E-state index contributed by atoms with van der Waals surface area (Å²) in [7, 11) is 2.04. The van der Waals surface area contributed by atoms with Crippen molar-refractivity contribution < 1.29 is 4.74 Å². The van der Waals surface area contributed by atoms with Gasteiger partial charge in [0.1, 0.15) is 11.6 Å². The van der Waals surface area contributed by atoms with Crippen LogP contribution in [0.4, 0.5) is 5.82 Å². The fourth-order valence-corrected chi connectivity index (χ4v) is 2.73. The molecule has 0 saturated heterocycles. The van der Waals surface area contributed by atoms with E-state index in [9.17, 15) is 0 Å². The molecule has 1 aliphatic rings. The Hall–Kier alpha value is -3.02. The lowest BCUT2D eigenvalue weighted by molar-refractivity contribution is 0.289. The first-order valence-corrected chi connectivity index (χ1v) is 8.01. The molecule has 1 aromatic carbocycles. The van der Waals surface area contributed by atoms with E-state index in [-0.39, 0.29) is 0 Å². The lowest BCUT2D eigenvalue weighted by Crippen LogP contribution is -2.15. The number of hydrogen-bond acceptors (Lipinski definition) is 5. The maximum absolute atomic E-state index is 5.88. The van der Waals surface area contributed by atoms with Crippen molar-refractivity contribution in [1.82, 2.24) is 19.5 Å². The average Bonchev–Trinajstić information content (AvgIpc) is 3.01. The van der Waals surface area contributed by atoms with Crippen LogP contribution in [0.3, 0.4) is 0 Å². The Kier molecular flexibility index (Phi) is 3.78. The number of anilines is 1. The van der Waals surface area contributed by atoms with Crippen LogP contribution < -0.4 is 10.1 Å². The second kappa shape index (κ2) is 6.23. The van der Waals surface area contributed by atoms with Crippen LogP contribution in [-0.4, -0.2) is 39.7 Å². The van der Waals surface area contributed by atoms with E-state index in [1.165, 1.54) is 0 Å². The van der Waals surface area contributed by atoms with Crippen LogP contribution in [0, 0.1) is 0 Å². The summed E-state index contributed by atoms with van der Waals surface area (Å²) in [6, 6.07) is 9.99. The normalized spacial score (nSPS) is 14.8. The summed E-state index contributed by atoms with van der Waals surface area (Å²) in [5.74, 6) is 1.66. The molecule has 0 aliphatic carbocycles. The third-order valence-corrected chi connectivity index (χ3v) is 4.00. The standard InChI is InChI=1S/C18H19N5O/c1-22-8-3-11-24-15-5-2-4-14(12-15)16-13-20-23-9-6-17(19-7-10-22)21-18(16)23/h2,4-7,9-10,12-13H,3,8,11H2,1H3,(H,19,21). The van der Waals surface area contributed by atoms with E-state index in [0.717, 1.165) is 41.3 Å². The number of fused-ring (bicyclic) bond motifs is 4. The van der Waals surface area contributed by atoms with E-state index in [1.807, 2.05) is 56.1 Å². The number of nitrogens with zero attached hydrogens (tertiary/aromatic N) is 4. The molecule has 4 rings (SSSR count). The fraction of sp³-hybridized carbons (Fsp3) is 0.222. The summed E-state index contributed by atoms with van der Waals surface area (Å²) in [4.78, 5) is 6.80. The number of hydrogen-bond donors (Lipinski definition) is 1. The molecule has 0 atom stereocenters. The van der Waals surface area contributed by atoms with Crippen LogP contribution >= 0.6 is 0 Å². The molecule has 24 heavy (non-hydrogen) atoms. The van der Waals surface area contributed by atoms with Gasteiger partial charge in [0.25, 0.3) is 0 Å². The van der Waals surface area contributed by atoms with Crippen molar-refractivity contribution in [2.75, 3.05) is 25.5 Å². The molecule has 6 heteroatoms. The molecule has 0 saturated carbocycles. The zero-order valence-corrected chi connectivity index (χ0v) is 13.5. The van der Waals surface area contributed by atoms with Gasteiger partial charge in [-0.2, -0.15) is 5.10 Å². The molecule has 0 spiro atoms. The first-order valence-electron chi connectivity index (χ1n) is 8.01. The quantitative estimate of drug-likeness (QED) is 0.690. The minimum absolute atomic E-state index is 0.685. The largest absolute Gasteiger partial charge is 0.494 e. The lowest BCUT2D eigenvalue weighted by atomic mass is 10.1. The Balaban J connectivity index is 1.80. The Morgan fingerprint density at radius 1 is 1.25 bits per heavy atom. The van der Waals surface area contributed by atoms with Crippen molar-refractivity contribution >= 4 is 11.5 Å². The third kappa shape index (κ3) is 2.90. The number of rotatable bonds is 0. The highest BCUT2D eigenvalue weighted by Gasteiger charge is 2.10. The van der Waals surface area contributed by atoms with E-state index >= 15 is 0 Å². The van der Waals surface area contributed by atoms with Gasteiger partial charge in [-0.1, -0.05) is 12.1 Å². The molecule has 0 fully saturated rings. The Labute approximate surface area is 140 Å². The van der Waals surface area contributed by atoms with Gasteiger partial charge in [0.15, 0.2) is 5.65 Å². The SMILES string of the molecule is CN1C=CNc2ccn3ncc(c3n2)-c2cccc(c2)OCCC1. The molecular weight excluding hydrogens is 302 g/mol. The molecule has 1 N–H and O–H groups in total. The zero-order valence-electron chi connectivity index (χ0n) is 13.5. The minimum Gasteiger partial charge on any atom is -0.494 e. The predicted octanol–water partition coefficient (Wildman–Crippen LogP) is 2.99. The third-order valence-electron chi connectivity index (χ3n) is 4.00. The number of aromatic nitrogens is 3. The van der Waals surface area contributed by atoms with Gasteiger partial charge >= 0.3 is 0 Å². The highest BCUT2D eigenvalue weighted by molar-refractivity contribution is 5.78. The molecule has 2 aromatic heterocycles. The highest BCUT2D eigenvalue weighted by atomic mass is 16.5. The summed E-state index contributed by atoms with van der Waals surface area (Å²) >= 11 is 0. The summed E-state index contributed by atoms with van der Waals surface area (Å²) in [5.41, 5.74) is 2.85. The lowest BCUT2D eigenvalue weighted by Gasteiger charge is -2.14. The van der Waals surface area contributed by atoms with Crippen LogP contribution in [0.15, 0.2) is 55.1 Å². The second-order valence-corrected chi connectivity index (χ2v) is 5.81. The molecule has 6 nitrogen and oxygen atoms in total. The van der Waals surface area contributed by atoms with Gasteiger partial charge < -0.3 is 15.0 Å². The second-order valence-electron chi connectivity index (χ2n) is 5.81. The van der Waals surface area contributed by atoms with Crippen molar-refractivity contribution in [2.24, 2.45) is 0 Å². The van der Waals surface area contributed by atoms with Gasteiger partial charge in [0.05, 0.1) is 12.8 Å². The first kappa shape index (κ1) is 14.6. The summed E-state index contributed by atoms with van der Waals surface area (Å²) < 4.78 is 7.66. The van der Waals surface area contributed by atoms with Gasteiger partial charge in [-0.3, -0.25) is 0 Å². The zero-order chi connectivity index (χ0) is 16.4. The smallest absolute Gasteiger partial charge is 0.165 e. The molecular formula is C18H19N5O. The highest BCUT2D eigenvalue weighted by Crippen LogP contribution is 2.27. The molecule has 3 aromatic rings. The van der Waals surface area contributed by atoms with Crippen LogP contribution in [0.25, 0.3) is 16.8 Å². The Bertz CT molecular complexity index is 886. The number of ether oxygens (including phenoxy) is 1. The van der Waals surface area contributed by atoms with Crippen molar-refractivity contribution in [2.45, 2.75) is 6.42 Å². The van der Waals surface area contributed by atoms with Crippen molar-refractivity contribution in [3.05, 3.63) is 55.1 Å². The molecule has 1 aliphatic heterocycles. The minimum atomic E-state index is 0.685. The monoisotopic (exact) mass is 321 g/mol. The molecule has 0 amide bonds. The number of nitrogens with one attached hydrogen (secondary N) is 1. The van der Waals surface area contributed by atoms with Gasteiger partial charge in [-0.05, 0) is 30.2 Å². The van der Waals surface area contributed by atoms with Crippen molar-refractivity contribution in [3.63, 3.8) is 0 Å². The summed E-state index contributed by atoms with van der Waals surface area (Å²) in [5, 5.41) is 7.61. The van der Waals surface area contributed by atoms with Gasteiger partial charge in [-0.25, -0.2) is 9.50 Å². The predicted molar refractivity (Wildman–Crippen MR) is 93.9 cm³/mol. The van der Waals surface area contributed by atoms with Gasteiger partial charge in [0, 0.05) is 37.8 Å². The van der Waals surface area contributed by atoms with Gasteiger partial charge in [-0.15, -0.1) is 0 Å². The Morgan fingerprint density at radius 2 is 2.21 bits per heavy atom. The topological polar surface area (TPSA) is 54.7 Å². The van der Waals surface area contributed by atoms with E-state index in [1.54, 1.807) is 4.52 Å².